The molecular weight excluding hydrogens is 158 g/mol. The minimum atomic E-state index is -0.480. The molecule has 0 fully saturated rings. The van der Waals surface area contributed by atoms with Gasteiger partial charge in [0.05, 0.1) is 19.0 Å². The monoisotopic (exact) mass is 177 g/mol. The Morgan fingerprint density at radius 1 is 1.50 bits per heavy atom. The van der Waals surface area contributed by atoms with Crippen LogP contribution >= 0.6 is 0 Å². The number of hydrogen-bond acceptors (Lipinski definition) is 4. The summed E-state index contributed by atoms with van der Waals surface area (Å²) in [6.45, 7) is 6.76. The molecule has 4 heteroatoms. The highest BCUT2D eigenvalue weighted by Gasteiger charge is 2.20. The van der Waals surface area contributed by atoms with Crippen molar-refractivity contribution in [3.8, 4) is 0 Å². The molecule has 0 saturated carbocycles. The fraction of sp³-hybridized carbons (Fsp3) is 0.750. The predicted molar refractivity (Wildman–Crippen MR) is 48.0 cm³/mol. The molecule has 0 spiro atoms. The van der Waals surface area contributed by atoms with Crippen LogP contribution in [0.1, 0.15) is 13.8 Å². The number of aliphatic hydroxyl groups excluding tert-OH is 2. The van der Waals surface area contributed by atoms with Gasteiger partial charge in [-0.05, 0) is 6.92 Å². The largest absolute Gasteiger partial charge is 0.496 e. The molecule has 0 aromatic carbocycles. The number of aliphatic hydroxyl groups is 2. The molecule has 0 amide bonds. The summed E-state index contributed by atoms with van der Waals surface area (Å²) in [5.74, 6) is -0.0852. The quantitative estimate of drug-likeness (QED) is 0.539. The Kier molecular flexibility index (Phi) is 8.26. The first kappa shape index (κ1) is 14.0. The molecule has 12 heavy (non-hydrogen) atoms. The molecule has 0 aromatic heterocycles. The first-order valence-corrected chi connectivity index (χ1v) is 3.68. The van der Waals surface area contributed by atoms with E-state index in [2.05, 4.69) is 6.58 Å². The van der Waals surface area contributed by atoms with Gasteiger partial charge < -0.3 is 21.1 Å². The van der Waals surface area contributed by atoms with E-state index >= 15 is 0 Å². The normalized spacial score (nSPS) is 17.0. The second-order valence-corrected chi connectivity index (χ2v) is 2.62. The summed E-state index contributed by atoms with van der Waals surface area (Å²) in [5.41, 5.74) is 0. The third kappa shape index (κ3) is 4.33. The minimum Gasteiger partial charge on any atom is -0.496 e. The average molecular weight is 177 g/mol. The second kappa shape index (κ2) is 7.09. The van der Waals surface area contributed by atoms with Crippen LogP contribution in [0.25, 0.3) is 0 Å². The number of rotatable bonds is 5. The Bertz CT molecular complexity index is 117. The van der Waals surface area contributed by atoms with Gasteiger partial charge >= 0.3 is 0 Å². The lowest BCUT2D eigenvalue weighted by Gasteiger charge is -2.23. The van der Waals surface area contributed by atoms with Crippen LogP contribution in [-0.2, 0) is 4.74 Å². The van der Waals surface area contributed by atoms with E-state index in [4.69, 9.17) is 14.9 Å². The zero-order valence-corrected chi connectivity index (χ0v) is 7.73. The molecule has 5 N–H and O–H groups in total. The molecule has 0 aromatic rings. The Labute approximate surface area is 73.4 Å². The molecule has 3 atom stereocenters. The topological polar surface area (TPSA) is 84.7 Å². The van der Waals surface area contributed by atoms with Crippen molar-refractivity contribution in [1.29, 1.82) is 0 Å². The summed E-state index contributed by atoms with van der Waals surface area (Å²) in [4.78, 5) is 0. The van der Waals surface area contributed by atoms with Crippen LogP contribution in [0.15, 0.2) is 12.8 Å². The SMILES string of the molecule is C=COC(CO)C(C)C(C)O.N. The van der Waals surface area contributed by atoms with Crippen LogP contribution in [0.4, 0.5) is 0 Å². The predicted octanol–water partition coefficient (Wildman–Crippen LogP) is 0.686. The summed E-state index contributed by atoms with van der Waals surface area (Å²) in [6.07, 6.45) is 0.444. The van der Waals surface area contributed by atoms with Crippen LogP contribution in [-0.4, -0.2) is 29.0 Å². The summed E-state index contributed by atoms with van der Waals surface area (Å²) < 4.78 is 4.97. The van der Waals surface area contributed by atoms with Crippen molar-refractivity contribution in [2.45, 2.75) is 26.1 Å². The average Bonchev–Trinajstić information content (AvgIpc) is 1.98. The Hall–Kier alpha value is -0.580. The van der Waals surface area contributed by atoms with Gasteiger partial charge in [0.1, 0.15) is 6.10 Å². The summed E-state index contributed by atoms with van der Waals surface area (Å²) in [5, 5.41) is 17.9. The maximum absolute atomic E-state index is 9.12. The molecule has 74 valence electrons. The summed E-state index contributed by atoms with van der Waals surface area (Å²) in [7, 11) is 0. The standard InChI is InChI=1S/C8H16O3.H3N/c1-4-11-8(5-9)6(2)7(3)10;/h4,6-10H,1,5H2,2-3H3;1H3. The van der Waals surface area contributed by atoms with E-state index in [1.54, 1.807) is 6.92 Å². The highest BCUT2D eigenvalue weighted by molar-refractivity contribution is 4.72. The first-order valence-electron chi connectivity index (χ1n) is 3.68. The van der Waals surface area contributed by atoms with Gasteiger partial charge in [0.2, 0.25) is 0 Å². The molecule has 0 radical (unpaired) electrons. The molecule has 0 aliphatic rings. The smallest absolute Gasteiger partial charge is 0.126 e. The van der Waals surface area contributed by atoms with Gasteiger partial charge in [-0.25, -0.2) is 0 Å². The molecular formula is C8H19NO3. The second-order valence-electron chi connectivity index (χ2n) is 2.62. The van der Waals surface area contributed by atoms with Gasteiger partial charge in [0, 0.05) is 5.92 Å². The lowest BCUT2D eigenvalue weighted by molar-refractivity contribution is -0.00969. The van der Waals surface area contributed by atoms with E-state index < -0.39 is 6.10 Å². The summed E-state index contributed by atoms with van der Waals surface area (Å²) in [6, 6.07) is 0. The van der Waals surface area contributed by atoms with Crippen molar-refractivity contribution >= 4 is 0 Å². The van der Waals surface area contributed by atoms with Crippen LogP contribution in [0.5, 0.6) is 0 Å². The van der Waals surface area contributed by atoms with Crippen molar-refractivity contribution in [1.82, 2.24) is 6.15 Å². The van der Waals surface area contributed by atoms with E-state index in [-0.39, 0.29) is 24.8 Å². The fourth-order valence-corrected chi connectivity index (χ4v) is 0.767. The fourth-order valence-electron chi connectivity index (χ4n) is 0.767. The van der Waals surface area contributed by atoms with Gasteiger partial charge in [-0.2, -0.15) is 0 Å². The molecule has 3 unspecified atom stereocenters. The van der Waals surface area contributed by atoms with E-state index in [1.807, 2.05) is 6.92 Å². The Morgan fingerprint density at radius 2 is 2.00 bits per heavy atom. The molecule has 0 saturated heterocycles. The van der Waals surface area contributed by atoms with Crippen molar-refractivity contribution in [3.63, 3.8) is 0 Å². The number of hydrogen-bond donors (Lipinski definition) is 3. The summed E-state index contributed by atoms with van der Waals surface area (Å²) >= 11 is 0. The van der Waals surface area contributed by atoms with Crippen LogP contribution in [0.3, 0.4) is 0 Å². The van der Waals surface area contributed by atoms with E-state index in [0.717, 1.165) is 0 Å². The first-order chi connectivity index (χ1) is 5.13. The van der Waals surface area contributed by atoms with Crippen molar-refractivity contribution in [2.24, 2.45) is 5.92 Å². The van der Waals surface area contributed by atoms with Crippen molar-refractivity contribution in [3.05, 3.63) is 12.8 Å². The third-order valence-corrected chi connectivity index (χ3v) is 1.80. The Morgan fingerprint density at radius 3 is 2.25 bits per heavy atom. The van der Waals surface area contributed by atoms with Gasteiger partial charge in [0.15, 0.2) is 0 Å². The van der Waals surface area contributed by atoms with Gasteiger partial charge in [-0.3, -0.25) is 0 Å². The van der Waals surface area contributed by atoms with Crippen molar-refractivity contribution in [2.75, 3.05) is 6.61 Å². The van der Waals surface area contributed by atoms with E-state index in [9.17, 15) is 0 Å². The maximum Gasteiger partial charge on any atom is 0.126 e. The molecule has 0 aliphatic carbocycles. The molecule has 0 heterocycles. The molecule has 0 bridgehead atoms. The number of ether oxygens (including phenoxy) is 1. The van der Waals surface area contributed by atoms with E-state index in [0.29, 0.717) is 0 Å². The third-order valence-electron chi connectivity index (χ3n) is 1.80. The zero-order valence-electron chi connectivity index (χ0n) is 7.73. The van der Waals surface area contributed by atoms with Gasteiger partial charge in [-0.1, -0.05) is 13.5 Å². The molecule has 0 rings (SSSR count). The van der Waals surface area contributed by atoms with Crippen LogP contribution in [0, 0.1) is 5.92 Å². The molecule has 0 aliphatic heterocycles. The lowest BCUT2D eigenvalue weighted by atomic mass is 10.00. The van der Waals surface area contributed by atoms with Crippen LogP contribution < -0.4 is 6.15 Å². The zero-order chi connectivity index (χ0) is 8.85. The van der Waals surface area contributed by atoms with E-state index in [1.165, 1.54) is 6.26 Å². The highest BCUT2D eigenvalue weighted by atomic mass is 16.5. The van der Waals surface area contributed by atoms with Gasteiger partial charge in [0.25, 0.3) is 0 Å². The lowest BCUT2D eigenvalue weighted by Crippen LogP contribution is -2.31. The Balaban J connectivity index is 0. The molecule has 4 nitrogen and oxygen atoms in total. The van der Waals surface area contributed by atoms with Crippen LogP contribution in [0.2, 0.25) is 0 Å². The highest BCUT2D eigenvalue weighted by Crippen LogP contribution is 2.11. The van der Waals surface area contributed by atoms with Gasteiger partial charge in [-0.15, -0.1) is 0 Å². The maximum atomic E-state index is 9.12. The minimum absolute atomic E-state index is 0. The van der Waals surface area contributed by atoms with Crippen molar-refractivity contribution < 1.29 is 14.9 Å².